The second-order valence-corrected chi connectivity index (χ2v) is 2.24. The lowest BCUT2D eigenvalue weighted by molar-refractivity contribution is 0.152. The van der Waals surface area contributed by atoms with E-state index < -0.39 is 0 Å². The van der Waals surface area contributed by atoms with Gasteiger partial charge in [0.1, 0.15) is 6.73 Å². The smallest absolute Gasteiger partial charge is 0.133 e. The van der Waals surface area contributed by atoms with Crippen molar-refractivity contribution in [3.63, 3.8) is 0 Å². The van der Waals surface area contributed by atoms with E-state index in [-0.39, 0.29) is 6.73 Å². The van der Waals surface area contributed by atoms with Gasteiger partial charge in [-0.1, -0.05) is 20.3 Å². The second kappa shape index (κ2) is 6.05. The van der Waals surface area contributed by atoms with Crippen molar-refractivity contribution < 1.29 is 5.11 Å². The Labute approximate surface area is 57.3 Å². The van der Waals surface area contributed by atoms with Gasteiger partial charge in [0, 0.05) is 6.04 Å². The van der Waals surface area contributed by atoms with Crippen LogP contribution in [0.5, 0.6) is 0 Å². The van der Waals surface area contributed by atoms with Gasteiger partial charge in [-0.25, -0.2) is 5.11 Å². The van der Waals surface area contributed by atoms with Crippen molar-refractivity contribution in [2.24, 2.45) is 0 Å². The average Bonchev–Trinajstić information content (AvgIpc) is 1.88. The number of hydrogen-bond donors (Lipinski definition) is 1. The Morgan fingerprint density at radius 1 is 1.44 bits per heavy atom. The first kappa shape index (κ1) is 8.92. The largest absolute Gasteiger partial charge is 0.289 e. The number of nitrogens with one attached hydrogen (secondary N) is 1. The topological polar surface area (TPSA) is 31.9 Å². The molecule has 0 rings (SSSR count). The molecule has 0 aliphatic heterocycles. The van der Waals surface area contributed by atoms with E-state index in [1.165, 1.54) is 0 Å². The van der Waals surface area contributed by atoms with E-state index >= 15 is 0 Å². The van der Waals surface area contributed by atoms with Gasteiger partial charge in [-0.15, -0.1) is 0 Å². The monoisotopic (exact) mass is 130 g/mol. The lowest BCUT2D eigenvalue weighted by Gasteiger charge is -2.12. The highest BCUT2D eigenvalue weighted by Crippen LogP contribution is 1.99. The van der Waals surface area contributed by atoms with Crippen LogP contribution in [0.25, 0.3) is 0 Å². The normalized spacial score (nSPS) is 13.7. The molecule has 0 heterocycles. The maximum absolute atomic E-state index is 10.1. The summed E-state index contributed by atoms with van der Waals surface area (Å²) in [5.41, 5.74) is 0. The van der Waals surface area contributed by atoms with Crippen LogP contribution in [0.3, 0.4) is 0 Å². The van der Waals surface area contributed by atoms with Gasteiger partial charge < -0.3 is 0 Å². The number of hydrogen-bond acceptors (Lipinski definition) is 1. The summed E-state index contributed by atoms with van der Waals surface area (Å²) in [6.45, 7) is 4.09. The molecule has 0 amide bonds. The predicted octanol–water partition coefficient (Wildman–Crippen LogP) is 1.54. The molecule has 0 aromatic rings. The van der Waals surface area contributed by atoms with E-state index in [2.05, 4.69) is 19.2 Å². The molecule has 1 radical (unpaired) electrons. The van der Waals surface area contributed by atoms with E-state index in [1.807, 2.05) is 0 Å². The summed E-state index contributed by atoms with van der Waals surface area (Å²) in [6, 6.07) is 0.451. The zero-order valence-corrected chi connectivity index (χ0v) is 6.31. The molecule has 0 aromatic carbocycles. The van der Waals surface area contributed by atoms with Gasteiger partial charge in [0.05, 0.1) is 0 Å². The molecule has 55 valence electrons. The van der Waals surface area contributed by atoms with Crippen molar-refractivity contribution in [1.82, 2.24) is 5.32 Å². The van der Waals surface area contributed by atoms with Gasteiger partial charge in [0.2, 0.25) is 0 Å². The average molecular weight is 130 g/mol. The lowest BCUT2D eigenvalue weighted by Crippen LogP contribution is -2.28. The summed E-state index contributed by atoms with van der Waals surface area (Å²) in [4.78, 5) is 0. The fourth-order valence-corrected chi connectivity index (χ4v) is 0.917. The first-order valence-corrected chi connectivity index (χ1v) is 3.66. The predicted molar refractivity (Wildman–Crippen MR) is 37.7 cm³/mol. The molecule has 0 spiro atoms. The Hall–Kier alpha value is -0.0800. The van der Waals surface area contributed by atoms with Crippen molar-refractivity contribution in [3.05, 3.63) is 0 Å². The lowest BCUT2D eigenvalue weighted by atomic mass is 10.1. The second-order valence-electron chi connectivity index (χ2n) is 2.24. The van der Waals surface area contributed by atoms with E-state index in [4.69, 9.17) is 0 Å². The van der Waals surface area contributed by atoms with Gasteiger partial charge in [-0.2, -0.15) is 0 Å². The van der Waals surface area contributed by atoms with Crippen LogP contribution in [0.15, 0.2) is 0 Å². The van der Waals surface area contributed by atoms with Gasteiger partial charge in [-0.05, 0) is 12.8 Å². The van der Waals surface area contributed by atoms with Crippen molar-refractivity contribution in [2.45, 2.75) is 39.2 Å². The molecule has 9 heavy (non-hydrogen) atoms. The summed E-state index contributed by atoms with van der Waals surface area (Å²) < 4.78 is 0. The van der Waals surface area contributed by atoms with Crippen LogP contribution >= 0.6 is 0 Å². The minimum absolute atomic E-state index is 0.140. The van der Waals surface area contributed by atoms with Gasteiger partial charge in [0.25, 0.3) is 0 Å². The number of rotatable bonds is 5. The van der Waals surface area contributed by atoms with Crippen molar-refractivity contribution >= 4 is 0 Å². The molecular formula is C7H16NO. The molecule has 0 bridgehead atoms. The molecule has 1 unspecified atom stereocenters. The standard InChI is InChI=1S/C7H16NO/c1-3-5-7(4-2)8-6-9/h7-8H,3-6H2,1-2H3. The molecule has 2 heteroatoms. The van der Waals surface area contributed by atoms with E-state index in [0.717, 1.165) is 19.3 Å². The van der Waals surface area contributed by atoms with Crippen LogP contribution in [-0.4, -0.2) is 12.8 Å². The third-order valence-corrected chi connectivity index (χ3v) is 1.50. The Kier molecular flexibility index (Phi) is 5.99. The summed E-state index contributed by atoms with van der Waals surface area (Å²) >= 11 is 0. The molecule has 0 saturated carbocycles. The summed E-state index contributed by atoms with van der Waals surface area (Å²) in [5, 5.41) is 12.9. The quantitative estimate of drug-likeness (QED) is 0.562. The van der Waals surface area contributed by atoms with Gasteiger partial charge in [0.15, 0.2) is 0 Å². The molecular weight excluding hydrogens is 114 g/mol. The highest BCUT2D eigenvalue weighted by Gasteiger charge is 2.00. The molecule has 0 fully saturated rings. The van der Waals surface area contributed by atoms with E-state index in [1.54, 1.807) is 0 Å². The van der Waals surface area contributed by atoms with E-state index in [0.29, 0.717) is 6.04 Å². The van der Waals surface area contributed by atoms with Crippen molar-refractivity contribution in [2.75, 3.05) is 6.73 Å². The Morgan fingerprint density at radius 3 is 2.44 bits per heavy atom. The Balaban J connectivity index is 3.18. The first-order chi connectivity index (χ1) is 4.35. The van der Waals surface area contributed by atoms with Crippen molar-refractivity contribution in [1.29, 1.82) is 0 Å². The minimum Gasteiger partial charge on any atom is -0.289 e. The van der Waals surface area contributed by atoms with Crippen LogP contribution in [-0.2, 0) is 5.11 Å². The third kappa shape index (κ3) is 4.43. The van der Waals surface area contributed by atoms with Crippen LogP contribution in [0.4, 0.5) is 0 Å². The summed E-state index contributed by atoms with van der Waals surface area (Å²) in [6.07, 6.45) is 3.35. The molecule has 1 N–H and O–H groups in total. The fourth-order valence-electron chi connectivity index (χ4n) is 0.917. The van der Waals surface area contributed by atoms with E-state index in [9.17, 15) is 5.11 Å². The maximum atomic E-state index is 10.1. The molecule has 1 atom stereocenters. The zero-order chi connectivity index (χ0) is 7.11. The fraction of sp³-hybridized carbons (Fsp3) is 1.00. The van der Waals surface area contributed by atoms with Crippen molar-refractivity contribution in [3.8, 4) is 0 Å². The molecule has 0 aromatic heterocycles. The van der Waals surface area contributed by atoms with Crippen LogP contribution in [0.1, 0.15) is 33.1 Å². The summed E-state index contributed by atoms with van der Waals surface area (Å²) in [5.74, 6) is 0. The summed E-state index contributed by atoms with van der Waals surface area (Å²) in [7, 11) is 0. The Bertz CT molecular complexity index is 50.9. The SMILES string of the molecule is CCCC(CC)NC[O]. The van der Waals surface area contributed by atoms with Crippen LogP contribution < -0.4 is 5.32 Å². The highest BCUT2D eigenvalue weighted by molar-refractivity contribution is 4.60. The molecule has 0 aliphatic rings. The minimum atomic E-state index is -0.140. The van der Waals surface area contributed by atoms with Gasteiger partial charge in [-0.3, -0.25) is 5.32 Å². The maximum Gasteiger partial charge on any atom is 0.133 e. The zero-order valence-electron chi connectivity index (χ0n) is 6.31. The third-order valence-electron chi connectivity index (χ3n) is 1.50. The Morgan fingerprint density at radius 2 is 2.11 bits per heavy atom. The van der Waals surface area contributed by atoms with Crippen LogP contribution in [0, 0.1) is 0 Å². The molecule has 0 aliphatic carbocycles. The molecule has 2 nitrogen and oxygen atoms in total. The highest BCUT2D eigenvalue weighted by atomic mass is 16.3. The first-order valence-electron chi connectivity index (χ1n) is 3.66. The van der Waals surface area contributed by atoms with Gasteiger partial charge >= 0.3 is 0 Å². The molecule has 0 saturated heterocycles. The van der Waals surface area contributed by atoms with Crippen LogP contribution in [0.2, 0.25) is 0 Å².